The van der Waals surface area contributed by atoms with Crippen LogP contribution >= 0.6 is 11.6 Å². The number of aromatic nitrogens is 3. The van der Waals surface area contributed by atoms with Gasteiger partial charge < -0.3 is 9.30 Å². The number of rotatable bonds is 6. The van der Waals surface area contributed by atoms with E-state index in [1.807, 2.05) is 11.5 Å². The summed E-state index contributed by atoms with van der Waals surface area (Å²) in [5, 5.41) is 10.7. The average Bonchev–Trinajstić information content (AvgIpc) is 3.28. The standard InChI is InChI=1S/C17H23ClN4OSi/c1-11-13(9-19)14-15(12-5-6-12)20-17(18)21-16(14)22(11)10-23-7-8-24(2,3)4/h12H,5-8,10H2,1-4H3. The van der Waals surface area contributed by atoms with Crippen molar-refractivity contribution in [2.24, 2.45) is 0 Å². The summed E-state index contributed by atoms with van der Waals surface area (Å²) in [6.45, 7) is 10.0. The molecule has 2 heterocycles. The third-order valence-electron chi connectivity index (χ3n) is 4.46. The Hall–Kier alpha value is -1.42. The normalized spacial score (nSPS) is 15.0. The Labute approximate surface area is 148 Å². The fraction of sp³-hybridized carbons (Fsp3) is 0.588. The summed E-state index contributed by atoms with van der Waals surface area (Å²) in [5.41, 5.74) is 3.17. The second-order valence-electron chi connectivity index (χ2n) is 7.70. The molecule has 128 valence electrons. The van der Waals surface area contributed by atoms with E-state index < -0.39 is 8.07 Å². The van der Waals surface area contributed by atoms with Gasteiger partial charge in [0.25, 0.3) is 0 Å². The molecule has 1 aliphatic carbocycles. The molecule has 0 aliphatic heterocycles. The molecular formula is C17H23ClN4OSi. The van der Waals surface area contributed by atoms with Crippen molar-refractivity contribution in [2.75, 3.05) is 6.61 Å². The third kappa shape index (κ3) is 3.48. The van der Waals surface area contributed by atoms with Crippen LogP contribution in [0.4, 0.5) is 0 Å². The molecule has 24 heavy (non-hydrogen) atoms. The van der Waals surface area contributed by atoms with Crippen molar-refractivity contribution in [2.45, 2.75) is 58.1 Å². The maximum absolute atomic E-state index is 9.62. The lowest BCUT2D eigenvalue weighted by Gasteiger charge is -2.16. The third-order valence-corrected chi connectivity index (χ3v) is 6.33. The zero-order chi connectivity index (χ0) is 17.5. The maximum atomic E-state index is 9.62. The van der Waals surface area contributed by atoms with E-state index in [9.17, 15) is 5.26 Å². The molecule has 0 N–H and O–H groups in total. The second-order valence-corrected chi connectivity index (χ2v) is 13.7. The summed E-state index contributed by atoms with van der Waals surface area (Å²) in [7, 11) is -1.12. The van der Waals surface area contributed by atoms with Crippen LogP contribution in [-0.2, 0) is 11.5 Å². The Bertz CT molecular complexity index is 815. The minimum Gasteiger partial charge on any atom is -0.361 e. The van der Waals surface area contributed by atoms with Crippen molar-refractivity contribution in [3.63, 3.8) is 0 Å². The monoisotopic (exact) mass is 362 g/mol. The van der Waals surface area contributed by atoms with Crippen molar-refractivity contribution in [3.8, 4) is 6.07 Å². The number of hydrogen-bond donors (Lipinski definition) is 0. The van der Waals surface area contributed by atoms with E-state index in [0.717, 1.165) is 47.9 Å². The van der Waals surface area contributed by atoms with Gasteiger partial charge in [0, 0.05) is 26.3 Å². The summed E-state index contributed by atoms with van der Waals surface area (Å²) < 4.78 is 7.84. The molecule has 2 aromatic heterocycles. The van der Waals surface area contributed by atoms with Crippen molar-refractivity contribution in [1.29, 1.82) is 5.26 Å². The number of ether oxygens (including phenoxy) is 1. The molecule has 7 heteroatoms. The van der Waals surface area contributed by atoms with E-state index in [2.05, 4.69) is 35.7 Å². The van der Waals surface area contributed by atoms with E-state index in [4.69, 9.17) is 16.3 Å². The van der Waals surface area contributed by atoms with Gasteiger partial charge in [0.15, 0.2) is 0 Å². The van der Waals surface area contributed by atoms with Gasteiger partial charge in [-0.25, -0.2) is 4.98 Å². The molecule has 0 amide bonds. The summed E-state index contributed by atoms with van der Waals surface area (Å²) >= 11 is 6.14. The highest BCUT2D eigenvalue weighted by Gasteiger charge is 2.31. The molecule has 0 radical (unpaired) electrons. The molecule has 0 spiro atoms. The first kappa shape index (κ1) is 17.4. The van der Waals surface area contributed by atoms with E-state index in [-0.39, 0.29) is 5.28 Å². The molecule has 0 bridgehead atoms. The SMILES string of the molecule is Cc1c(C#N)c2c(C3CC3)nc(Cl)nc2n1COCC[Si](C)(C)C. The molecule has 2 aromatic rings. The minimum atomic E-state index is -1.12. The number of hydrogen-bond acceptors (Lipinski definition) is 4. The zero-order valence-electron chi connectivity index (χ0n) is 14.7. The lowest BCUT2D eigenvalue weighted by Crippen LogP contribution is -2.22. The lowest BCUT2D eigenvalue weighted by molar-refractivity contribution is 0.0886. The number of fused-ring (bicyclic) bond motifs is 1. The molecule has 3 rings (SSSR count). The Morgan fingerprint density at radius 2 is 2.04 bits per heavy atom. The quantitative estimate of drug-likeness (QED) is 0.432. The highest BCUT2D eigenvalue weighted by Crippen LogP contribution is 2.43. The van der Waals surface area contributed by atoms with Crippen molar-refractivity contribution in [3.05, 3.63) is 22.2 Å². The van der Waals surface area contributed by atoms with E-state index >= 15 is 0 Å². The summed E-state index contributed by atoms with van der Waals surface area (Å²) in [6.07, 6.45) is 2.20. The van der Waals surface area contributed by atoms with Crippen LogP contribution in [0.5, 0.6) is 0 Å². The van der Waals surface area contributed by atoms with Crippen LogP contribution in [0.15, 0.2) is 0 Å². The summed E-state index contributed by atoms with van der Waals surface area (Å²) in [6, 6.07) is 3.43. The second kappa shape index (κ2) is 6.47. The van der Waals surface area contributed by atoms with Crippen LogP contribution in [0.2, 0.25) is 31.0 Å². The maximum Gasteiger partial charge on any atom is 0.224 e. The first-order valence-corrected chi connectivity index (χ1v) is 12.4. The van der Waals surface area contributed by atoms with Gasteiger partial charge in [-0.3, -0.25) is 0 Å². The Kier molecular flexibility index (Phi) is 4.69. The van der Waals surface area contributed by atoms with Gasteiger partial charge in [0.1, 0.15) is 18.4 Å². The smallest absolute Gasteiger partial charge is 0.224 e. The molecule has 5 nitrogen and oxygen atoms in total. The topological polar surface area (TPSA) is 63.7 Å². The van der Waals surface area contributed by atoms with Gasteiger partial charge in [0.05, 0.1) is 16.6 Å². The van der Waals surface area contributed by atoms with Crippen LogP contribution in [0.25, 0.3) is 11.0 Å². The molecule has 1 aliphatic rings. The largest absolute Gasteiger partial charge is 0.361 e. The molecule has 0 aromatic carbocycles. The molecule has 0 atom stereocenters. The number of nitriles is 1. The van der Waals surface area contributed by atoms with Crippen molar-refractivity contribution in [1.82, 2.24) is 14.5 Å². The molecular weight excluding hydrogens is 340 g/mol. The van der Waals surface area contributed by atoms with Gasteiger partial charge in [-0.1, -0.05) is 19.6 Å². The van der Waals surface area contributed by atoms with Gasteiger partial charge in [-0.2, -0.15) is 10.2 Å². The highest BCUT2D eigenvalue weighted by atomic mass is 35.5. The lowest BCUT2D eigenvalue weighted by atomic mass is 10.1. The zero-order valence-corrected chi connectivity index (χ0v) is 16.4. The first-order chi connectivity index (χ1) is 11.3. The Morgan fingerprint density at radius 1 is 1.33 bits per heavy atom. The van der Waals surface area contributed by atoms with Crippen LogP contribution < -0.4 is 0 Å². The van der Waals surface area contributed by atoms with Gasteiger partial charge >= 0.3 is 0 Å². The minimum absolute atomic E-state index is 0.245. The Morgan fingerprint density at radius 3 is 2.62 bits per heavy atom. The van der Waals surface area contributed by atoms with Crippen LogP contribution in [0, 0.1) is 18.3 Å². The van der Waals surface area contributed by atoms with E-state index in [1.165, 1.54) is 0 Å². The van der Waals surface area contributed by atoms with Crippen LogP contribution in [0.3, 0.4) is 0 Å². The fourth-order valence-corrected chi connectivity index (χ4v) is 3.76. The average molecular weight is 363 g/mol. The van der Waals surface area contributed by atoms with Gasteiger partial charge in [0.2, 0.25) is 5.28 Å². The van der Waals surface area contributed by atoms with Crippen LogP contribution in [0.1, 0.15) is 35.7 Å². The summed E-state index contributed by atoms with van der Waals surface area (Å²) in [4.78, 5) is 8.81. The number of nitrogens with zero attached hydrogens (tertiary/aromatic N) is 4. The summed E-state index contributed by atoms with van der Waals surface area (Å²) in [5.74, 6) is 0.406. The first-order valence-electron chi connectivity index (χ1n) is 8.36. The molecule has 0 unspecified atom stereocenters. The fourth-order valence-electron chi connectivity index (χ4n) is 2.83. The molecule has 1 fully saturated rings. The van der Waals surface area contributed by atoms with Gasteiger partial charge in [-0.05, 0) is 37.4 Å². The van der Waals surface area contributed by atoms with E-state index in [1.54, 1.807) is 0 Å². The molecule has 1 saturated carbocycles. The predicted octanol–water partition coefficient (Wildman–Crippen LogP) is 4.45. The highest BCUT2D eigenvalue weighted by molar-refractivity contribution is 6.76. The van der Waals surface area contributed by atoms with E-state index in [0.29, 0.717) is 18.2 Å². The van der Waals surface area contributed by atoms with Gasteiger partial charge in [-0.15, -0.1) is 0 Å². The predicted molar refractivity (Wildman–Crippen MR) is 98.1 cm³/mol. The van der Waals surface area contributed by atoms with Crippen LogP contribution in [-0.4, -0.2) is 29.2 Å². The number of halogens is 1. The molecule has 0 saturated heterocycles. The van der Waals surface area contributed by atoms with Crippen molar-refractivity contribution >= 4 is 30.7 Å². The van der Waals surface area contributed by atoms with Crippen molar-refractivity contribution < 1.29 is 4.74 Å². The Balaban J connectivity index is 1.96.